The van der Waals surface area contributed by atoms with Gasteiger partial charge in [0.15, 0.2) is 0 Å². The highest BCUT2D eigenvalue weighted by atomic mass is 16.1. The summed E-state index contributed by atoms with van der Waals surface area (Å²) in [5.41, 5.74) is 7.50. The minimum absolute atomic E-state index is 0.00115. The Hall–Kier alpha value is -1.86. The Kier molecular flexibility index (Phi) is 3.96. The molecule has 0 saturated heterocycles. The maximum Gasteiger partial charge on any atom is 0.221 e. The van der Waals surface area contributed by atoms with Crippen molar-refractivity contribution in [1.82, 2.24) is 5.32 Å². The van der Waals surface area contributed by atoms with Crippen LogP contribution < -0.4 is 11.1 Å². The molecule has 1 fully saturated rings. The quantitative estimate of drug-likeness (QED) is 0.818. The molecule has 0 aromatic heterocycles. The summed E-state index contributed by atoms with van der Waals surface area (Å²) in [5.74, 6) is 0.546. The molecule has 1 atom stereocenters. The van der Waals surface area contributed by atoms with Gasteiger partial charge in [-0.3, -0.25) is 4.79 Å². The lowest BCUT2D eigenvalue weighted by molar-refractivity contribution is -0.121. The third-order valence-electron chi connectivity index (χ3n) is 3.22. The van der Waals surface area contributed by atoms with Gasteiger partial charge in [0.25, 0.3) is 0 Å². The highest BCUT2D eigenvalue weighted by Crippen LogP contribution is 2.32. The maximum atomic E-state index is 11.6. The van der Waals surface area contributed by atoms with Crippen LogP contribution in [0.2, 0.25) is 0 Å². The fourth-order valence-corrected chi connectivity index (χ4v) is 1.88. The summed E-state index contributed by atoms with van der Waals surface area (Å²) in [6.07, 6.45) is 2.72. The molecule has 1 unspecified atom stereocenters. The van der Waals surface area contributed by atoms with E-state index >= 15 is 0 Å². The molecule has 1 amide bonds. The molecule has 1 aromatic rings. The Morgan fingerprint density at radius 3 is 2.67 bits per heavy atom. The van der Waals surface area contributed by atoms with Gasteiger partial charge in [-0.25, -0.2) is 0 Å². The van der Waals surface area contributed by atoms with E-state index in [-0.39, 0.29) is 11.9 Å². The van der Waals surface area contributed by atoms with Gasteiger partial charge in [-0.15, -0.1) is 0 Å². The average Bonchev–Trinajstić information content (AvgIpc) is 3.21. The Bertz CT molecular complexity index is 457. The average molecular weight is 243 g/mol. The summed E-state index contributed by atoms with van der Waals surface area (Å²) in [6.45, 7) is 0.488. The first-order valence-corrected chi connectivity index (χ1v) is 6.20. The van der Waals surface area contributed by atoms with Crippen LogP contribution in [-0.2, 0) is 11.3 Å². The van der Waals surface area contributed by atoms with Crippen LogP contribution in [-0.4, -0.2) is 11.9 Å². The van der Waals surface area contributed by atoms with Crippen molar-refractivity contribution in [3.05, 3.63) is 35.4 Å². The van der Waals surface area contributed by atoms with Gasteiger partial charge in [0.1, 0.15) is 0 Å². The van der Waals surface area contributed by atoms with E-state index < -0.39 is 0 Å². The van der Waals surface area contributed by atoms with E-state index in [1.54, 1.807) is 12.1 Å². The fraction of sp³-hybridized carbons (Fsp3) is 0.429. The van der Waals surface area contributed by atoms with Gasteiger partial charge in [-0.2, -0.15) is 5.26 Å². The highest BCUT2D eigenvalue weighted by molar-refractivity contribution is 5.76. The zero-order chi connectivity index (χ0) is 13.0. The second kappa shape index (κ2) is 5.65. The predicted octanol–water partition coefficient (Wildman–Crippen LogP) is 1.30. The number of benzene rings is 1. The van der Waals surface area contributed by atoms with Crippen LogP contribution in [0.4, 0.5) is 0 Å². The molecular weight excluding hydrogens is 226 g/mol. The molecule has 1 saturated carbocycles. The Morgan fingerprint density at radius 1 is 1.44 bits per heavy atom. The molecule has 2 rings (SSSR count). The van der Waals surface area contributed by atoms with Gasteiger partial charge < -0.3 is 11.1 Å². The van der Waals surface area contributed by atoms with Gasteiger partial charge in [-0.05, 0) is 36.5 Å². The minimum atomic E-state index is -0.00115. The number of hydrogen-bond donors (Lipinski definition) is 2. The van der Waals surface area contributed by atoms with Crippen LogP contribution in [0.25, 0.3) is 0 Å². The van der Waals surface area contributed by atoms with Gasteiger partial charge in [0, 0.05) is 19.0 Å². The van der Waals surface area contributed by atoms with Gasteiger partial charge in [0.2, 0.25) is 5.91 Å². The molecule has 18 heavy (non-hydrogen) atoms. The zero-order valence-corrected chi connectivity index (χ0v) is 10.2. The summed E-state index contributed by atoms with van der Waals surface area (Å²) in [7, 11) is 0. The second-order valence-electron chi connectivity index (χ2n) is 4.79. The van der Waals surface area contributed by atoms with Crippen molar-refractivity contribution in [1.29, 1.82) is 5.26 Å². The topological polar surface area (TPSA) is 78.9 Å². The van der Waals surface area contributed by atoms with E-state index in [4.69, 9.17) is 11.0 Å². The van der Waals surface area contributed by atoms with Crippen molar-refractivity contribution in [2.24, 2.45) is 11.7 Å². The lowest BCUT2D eigenvalue weighted by Crippen LogP contribution is -2.32. The minimum Gasteiger partial charge on any atom is -0.352 e. The predicted molar refractivity (Wildman–Crippen MR) is 68.3 cm³/mol. The van der Waals surface area contributed by atoms with Crippen LogP contribution in [0.5, 0.6) is 0 Å². The largest absolute Gasteiger partial charge is 0.352 e. The van der Waals surface area contributed by atoms with Crippen LogP contribution in [0.3, 0.4) is 0 Å². The lowest BCUT2D eigenvalue weighted by Gasteiger charge is -2.10. The molecule has 0 aliphatic heterocycles. The standard InChI is InChI=1S/C14H17N3O/c15-8-10-1-3-11(4-2-10)9-17-14(18)7-13(16)12-5-6-12/h1-4,12-13H,5-7,9,16H2,(H,17,18). The number of carbonyl (C=O) groups is 1. The first-order chi connectivity index (χ1) is 8.69. The summed E-state index contributed by atoms with van der Waals surface area (Å²) < 4.78 is 0. The van der Waals surface area contributed by atoms with Crippen molar-refractivity contribution < 1.29 is 4.79 Å². The lowest BCUT2D eigenvalue weighted by atomic mass is 10.1. The summed E-state index contributed by atoms with van der Waals surface area (Å²) >= 11 is 0. The van der Waals surface area contributed by atoms with Crippen LogP contribution in [0.1, 0.15) is 30.4 Å². The second-order valence-corrected chi connectivity index (χ2v) is 4.79. The molecule has 1 aliphatic rings. The number of nitrogens with zero attached hydrogens (tertiary/aromatic N) is 1. The van der Waals surface area contributed by atoms with Crippen molar-refractivity contribution in [2.45, 2.75) is 31.8 Å². The number of nitriles is 1. The van der Waals surface area contributed by atoms with Gasteiger partial charge in [-0.1, -0.05) is 12.1 Å². The fourth-order valence-electron chi connectivity index (χ4n) is 1.88. The molecule has 4 nitrogen and oxygen atoms in total. The molecule has 1 aromatic carbocycles. The zero-order valence-electron chi connectivity index (χ0n) is 10.2. The molecule has 94 valence electrons. The first-order valence-electron chi connectivity index (χ1n) is 6.20. The van der Waals surface area contributed by atoms with Gasteiger partial charge in [0.05, 0.1) is 11.6 Å². The molecule has 0 heterocycles. The van der Waals surface area contributed by atoms with Crippen molar-refractivity contribution in [3.63, 3.8) is 0 Å². The number of hydrogen-bond acceptors (Lipinski definition) is 3. The van der Waals surface area contributed by atoms with Crippen LogP contribution in [0.15, 0.2) is 24.3 Å². The van der Waals surface area contributed by atoms with E-state index in [1.165, 1.54) is 0 Å². The van der Waals surface area contributed by atoms with E-state index in [0.29, 0.717) is 24.4 Å². The number of amides is 1. The highest BCUT2D eigenvalue weighted by Gasteiger charge is 2.29. The summed E-state index contributed by atoms with van der Waals surface area (Å²) in [4.78, 5) is 11.6. The number of carbonyl (C=O) groups excluding carboxylic acids is 1. The van der Waals surface area contributed by atoms with Crippen molar-refractivity contribution >= 4 is 5.91 Å². The summed E-state index contributed by atoms with van der Waals surface area (Å²) in [5, 5.41) is 11.5. The Labute approximate surface area is 107 Å². The Morgan fingerprint density at radius 2 is 2.11 bits per heavy atom. The van der Waals surface area contributed by atoms with Crippen LogP contribution >= 0.6 is 0 Å². The van der Waals surface area contributed by atoms with E-state index in [1.807, 2.05) is 12.1 Å². The number of nitrogens with one attached hydrogen (secondary N) is 1. The van der Waals surface area contributed by atoms with Crippen LogP contribution in [0, 0.1) is 17.2 Å². The number of nitrogens with two attached hydrogens (primary N) is 1. The number of rotatable bonds is 5. The maximum absolute atomic E-state index is 11.6. The molecular formula is C14H17N3O. The van der Waals surface area contributed by atoms with E-state index in [9.17, 15) is 4.79 Å². The SMILES string of the molecule is N#Cc1ccc(CNC(=O)CC(N)C2CC2)cc1. The molecule has 0 radical (unpaired) electrons. The van der Waals surface area contributed by atoms with Gasteiger partial charge >= 0.3 is 0 Å². The molecule has 0 bridgehead atoms. The summed E-state index contributed by atoms with van der Waals surface area (Å²) in [6, 6.07) is 9.25. The van der Waals surface area contributed by atoms with E-state index in [0.717, 1.165) is 18.4 Å². The smallest absolute Gasteiger partial charge is 0.221 e. The van der Waals surface area contributed by atoms with E-state index in [2.05, 4.69) is 11.4 Å². The van der Waals surface area contributed by atoms with Crippen molar-refractivity contribution in [3.8, 4) is 6.07 Å². The monoisotopic (exact) mass is 243 g/mol. The molecule has 4 heteroatoms. The third-order valence-corrected chi connectivity index (χ3v) is 3.22. The third kappa shape index (κ3) is 3.57. The molecule has 3 N–H and O–H groups in total. The Balaban J connectivity index is 1.76. The first kappa shape index (κ1) is 12.6. The normalized spacial score (nSPS) is 15.8. The molecule has 0 spiro atoms. The molecule has 1 aliphatic carbocycles. The van der Waals surface area contributed by atoms with Crippen molar-refractivity contribution in [2.75, 3.05) is 0 Å².